The smallest absolute Gasteiger partial charge is 0.367 e. The van der Waals surface area contributed by atoms with E-state index >= 15 is 0 Å². The third-order valence-electron chi connectivity index (χ3n) is 0.931. The van der Waals surface area contributed by atoms with Crippen LogP contribution >= 0.6 is 0 Å². The van der Waals surface area contributed by atoms with Gasteiger partial charge in [0.2, 0.25) is 0 Å². The fourth-order valence-corrected chi connectivity index (χ4v) is 0.545. The molecule has 0 aromatic carbocycles. The SMILES string of the molecule is CC.O=C1N=CC(CCO)=N1. The van der Waals surface area contributed by atoms with Crippen LogP contribution in [0.4, 0.5) is 4.79 Å². The van der Waals surface area contributed by atoms with Crippen LogP contribution < -0.4 is 0 Å². The third-order valence-corrected chi connectivity index (χ3v) is 0.931. The quantitative estimate of drug-likeness (QED) is 0.649. The Morgan fingerprint density at radius 2 is 2.18 bits per heavy atom. The molecular formula is C7H12N2O2. The first-order valence-electron chi connectivity index (χ1n) is 3.59. The van der Waals surface area contributed by atoms with Gasteiger partial charge in [-0.15, -0.1) is 0 Å². The molecule has 1 aliphatic rings. The number of aliphatic hydroxyl groups is 1. The second-order valence-corrected chi connectivity index (χ2v) is 1.62. The Morgan fingerprint density at radius 1 is 1.55 bits per heavy atom. The highest BCUT2D eigenvalue weighted by atomic mass is 16.3. The third kappa shape index (κ3) is 3.62. The fraction of sp³-hybridized carbons (Fsp3) is 0.571. The molecule has 0 spiro atoms. The summed E-state index contributed by atoms with van der Waals surface area (Å²) in [6.45, 7) is 4.01. The minimum Gasteiger partial charge on any atom is -0.396 e. The average molecular weight is 156 g/mol. The van der Waals surface area contributed by atoms with Crippen molar-refractivity contribution in [3.63, 3.8) is 0 Å². The molecule has 0 aliphatic carbocycles. The molecule has 1 rings (SSSR count). The molecule has 1 aliphatic heterocycles. The van der Waals surface area contributed by atoms with Gasteiger partial charge in [-0.2, -0.15) is 9.98 Å². The summed E-state index contributed by atoms with van der Waals surface area (Å²) in [5, 5.41) is 8.36. The number of amides is 2. The molecule has 1 heterocycles. The van der Waals surface area contributed by atoms with Gasteiger partial charge in [0, 0.05) is 13.0 Å². The van der Waals surface area contributed by atoms with E-state index in [4.69, 9.17) is 5.11 Å². The first-order chi connectivity index (χ1) is 5.33. The number of hydrogen-bond acceptors (Lipinski definition) is 2. The highest BCUT2D eigenvalue weighted by Gasteiger charge is 2.05. The van der Waals surface area contributed by atoms with E-state index in [2.05, 4.69) is 9.98 Å². The van der Waals surface area contributed by atoms with Crippen LogP contribution in [0.1, 0.15) is 20.3 Å². The van der Waals surface area contributed by atoms with E-state index in [1.807, 2.05) is 13.8 Å². The van der Waals surface area contributed by atoms with Gasteiger partial charge in [0.15, 0.2) is 0 Å². The summed E-state index contributed by atoms with van der Waals surface area (Å²) in [5.41, 5.74) is 0.558. The Kier molecular flexibility index (Phi) is 5.20. The monoisotopic (exact) mass is 156 g/mol. The maximum atomic E-state index is 10.3. The number of nitrogens with zero attached hydrogens (tertiary/aromatic N) is 2. The number of urea groups is 1. The van der Waals surface area contributed by atoms with Gasteiger partial charge in [-0.3, -0.25) is 0 Å². The molecule has 0 bridgehead atoms. The Morgan fingerprint density at radius 3 is 2.55 bits per heavy atom. The lowest BCUT2D eigenvalue weighted by Gasteiger charge is -1.85. The minimum absolute atomic E-state index is 0.0120. The summed E-state index contributed by atoms with van der Waals surface area (Å²) in [7, 11) is 0. The highest BCUT2D eigenvalue weighted by molar-refractivity contribution is 6.37. The Balaban J connectivity index is 0.000000461. The number of carbonyl (C=O) groups is 1. The van der Waals surface area contributed by atoms with Crippen molar-refractivity contribution in [1.82, 2.24) is 0 Å². The lowest BCUT2D eigenvalue weighted by atomic mass is 10.3. The first kappa shape index (κ1) is 9.97. The summed E-state index contributed by atoms with van der Waals surface area (Å²) >= 11 is 0. The number of hydrogen-bond donors (Lipinski definition) is 1. The lowest BCUT2D eigenvalue weighted by molar-refractivity contribution is 0.257. The van der Waals surface area contributed by atoms with Crippen molar-refractivity contribution in [2.75, 3.05) is 6.61 Å². The van der Waals surface area contributed by atoms with E-state index in [1.165, 1.54) is 6.21 Å². The van der Waals surface area contributed by atoms with E-state index in [0.29, 0.717) is 12.1 Å². The summed E-state index contributed by atoms with van der Waals surface area (Å²) < 4.78 is 0. The van der Waals surface area contributed by atoms with Crippen LogP contribution in [-0.4, -0.2) is 29.7 Å². The van der Waals surface area contributed by atoms with Gasteiger partial charge < -0.3 is 5.11 Å². The van der Waals surface area contributed by atoms with E-state index < -0.39 is 6.03 Å². The molecule has 2 amide bonds. The molecule has 62 valence electrons. The first-order valence-corrected chi connectivity index (χ1v) is 3.59. The molecular weight excluding hydrogens is 144 g/mol. The van der Waals surface area contributed by atoms with Crippen LogP contribution in [-0.2, 0) is 0 Å². The van der Waals surface area contributed by atoms with Gasteiger partial charge in [0.05, 0.1) is 11.9 Å². The zero-order valence-corrected chi connectivity index (χ0v) is 6.74. The summed E-state index contributed by atoms with van der Waals surface area (Å²) in [5.74, 6) is 0. The average Bonchev–Trinajstić information content (AvgIpc) is 2.41. The zero-order chi connectivity index (χ0) is 8.69. The molecule has 0 fully saturated rings. The number of aliphatic hydroxyl groups excluding tert-OH is 1. The summed E-state index contributed by atoms with van der Waals surface area (Å²) in [6, 6.07) is -0.474. The van der Waals surface area contributed by atoms with Gasteiger partial charge >= 0.3 is 6.03 Å². The standard InChI is InChI=1S/C5H6N2O2.C2H6/c8-2-1-4-3-6-5(9)7-4;1-2/h3,8H,1-2H2;1-2H3. The van der Waals surface area contributed by atoms with Crippen molar-refractivity contribution in [3.8, 4) is 0 Å². The van der Waals surface area contributed by atoms with Crippen molar-refractivity contribution in [2.45, 2.75) is 20.3 Å². The Bertz CT molecular complexity index is 185. The molecule has 0 aromatic rings. The van der Waals surface area contributed by atoms with Crippen LogP contribution in [0.3, 0.4) is 0 Å². The fourth-order valence-electron chi connectivity index (χ4n) is 0.545. The van der Waals surface area contributed by atoms with Crippen molar-refractivity contribution >= 4 is 18.0 Å². The molecule has 0 unspecified atom stereocenters. The van der Waals surface area contributed by atoms with Crippen LogP contribution in [0.2, 0.25) is 0 Å². The molecule has 4 heteroatoms. The molecule has 0 saturated carbocycles. The number of rotatable bonds is 2. The van der Waals surface area contributed by atoms with Crippen LogP contribution in [0.25, 0.3) is 0 Å². The van der Waals surface area contributed by atoms with E-state index in [1.54, 1.807) is 0 Å². The molecule has 0 aromatic heterocycles. The van der Waals surface area contributed by atoms with Crippen molar-refractivity contribution in [3.05, 3.63) is 0 Å². The molecule has 1 N–H and O–H groups in total. The van der Waals surface area contributed by atoms with Crippen LogP contribution in [0, 0.1) is 0 Å². The van der Waals surface area contributed by atoms with Gasteiger partial charge in [-0.1, -0.05) is 13.8 Å². The Hall–Kier alpha value is -1.03. The summed E-state index contributed by atoms with van der Waals surface area (Å²) in [6.07, 6.45) is 1.79. The molecule has 0 saturated heterocycles. The summed E-state index contributed by atoms with van der Waals surface area (Å²) in [4.78, 5) is 17.1. The maximum absolute atomic E-state index is 10.3. The van der Waals surface area contributed by atoms with E-state index in [9.17, 15) is 4.79 Å². The molecule has 4 nitrogen and oxygen atoms in total. The van der Waals surface area contributed by atoms with Gasteiger partial charge in [-0.25, -0.2) is 4.79 Å². The van der Waals surface area contributed by atoms with E-state index in [-0.39, 0.29) is 6.61 Å². The largest absolute Gasteiger partial charge is 0.396 e. The normalized spacial score (nSPS) is 14.1. The van der Waals surface area contributed by atoms with Gasteiger partial charge in [-0.05, 0) is 0 Å². The topological polar surface area (TPSA) is 62.0 Å². The minimum atomic E-state index is -0.474. The van der Waals surface area contributed by atoms with E-state index in [0.717, 1.165) is 0 Å². The van der Waals surface area contributed by atoms with Gasteiger partial charge in [0.25, 0.3) is 0 Å². The van der Waals surface area contributed by atoms with Crippen molar-refractivity contribution in [2.24, 2.45) is 9.98 Å². The number of carbonyl (C=O) groups excluding carboxylic acids is 1. The molecule has 0 atom stereocenters. The molecule has 11 heavy (non-hydrogen) atoms. The second-order valence-electron chi connectivity index (χ2n) is 1.62. The van der Waals surface area contributed by atoms with Crippen molar-refractivity contribution < 1.29 is 9.90 Å². The predicted molar refractivity (Wildman–Crippen MR) is 44.4 cm³/mol. The lowest BCUT2D eigenvalue weighted by Crippen LogP contribution is -1.98. The second kappa shape index (κ2) is 5.73. The van der Waals surface area contributed by atoms with Crippen molar-refractivity contribution in [1.29, 1.82) is 0 Å². The highest BCUT2D eigenvalue weighted by Crippen LogP contribution is 1.94. The van der Waals surface area contributed by atoms with Gasteiger partial charge in [0.1, 0.15) is 0 Å². The maximum Gasteiger partial charge on any atom is 0.367 e. The predicted octanol–water partition coefficient (Wildman–Crippen LogP) is 1.04. The van der Waals surface area contributed by atoms with Crippen LogP contribution in [0.15, 0.2) is 9.98 Å². The Labute approximate surface area is 65.7 Å². The van der Waals surface area contributed by atoms with Crippen LogP contribution in [0.5, 0.6) is 0 Å². The molecule has 0 radical (unpaired) electrons. The number of aliphatic imine (C=N–C) groups is 2. The zero-order valence-electron chi connectivity index (χ0n) is 6.74.